The van der Waals surface area contributed by atoms with Crippen molar-refractivity contribution in [3.05, 3.63) is 23.8 Å². The Morgan fingerprint density at radius 3 is 2.12 bits per heavy atom. The molecule has 0 fully saturated rings. The van der Waals surface area contributed by atoms with E-state index < -0.39 is 10.4 Å². The van der Waals surface area contributed by atoms with E-state index in [4.69, 9.17) is 34.1 Å². The third-order valence-corrected chi connectivity index (χ3v) is 1.44. The maximum Gasteiger partial charge on any atom is 0.394 e. The molecule has 0 aromatic heterocycles. The van der Waals surface area contributed by atoms with Crippen LogP contribution in [0.15, 0.2) is 23.2 Å². The second kappa shape index (κ2) is 6.03. The highest BCUT2D eigenvalue weighted by Crippen LogP contribution is 2.21. The molecule has 0 aliphatic rings. The largest absolute Gasteiger partial charge is 0.508 e. The molecule has 0 aliphatic heterocycles. The van der Waals surface area contributed by atoms with Gasteiger partial charge in [-0.05, 0) is 30.7 Å². The standard InChI is InChI=1S/C8H11N3O.H2O4S/c1-5-4-6(11-8(9)10)2-3-7(5)12;1-5(2,3)4/h2-4,12H,1H3,(H4,9,10,11);(H2,1,2,3,4). The number of rotatable bonds is 1. The van der Waals surface area contributed by atoms with Gasteiger partial charge in [0.15, 0.2) is 5.96 Å². The van der Waals surface area contributed by atoms with E-state index in [9.17, 15) is 0 Å². The Kier molecular flexibility index (Phi) is 5.38. The summed E-state index contributed by atoms with van der Waals surface area (Å²) in [7, 11) is -4.67. The van der Waals surface area contributed by atoms with E-state index in [0.717, 1.165) is 5.56 Å². The van der Waals surface area contributed by atoms with Crippen LogP contribution in [0.3, 0.4) is 0 Å². The third kappa shape index (κ3) is 9.11. The van der Waals surface area contributed by atoms with Crippen molar-refractivity contribution in [3.63, 3.8) is 0 Å². The molecule has 17 heavy (non-hydrogen) atoms. The Hall–Kier alpha value is -1.84. The van der Waals surface area contributed by atoms with Gasteiger partial charge in [0.05, 0.1) is 5.69 Å². The molecule has 0 heterocycles. The molecule has 0 spiro atoms. The van der Waals surface area contributed by atoms with E-state index in [1.807, 2.05) is 0 Å². The highest BCUT2D eigenvalue weighted by molar-refractivity contribution is 7.79. The van der Waals surface area contributed by atoms with Crippen molar-refractivity contribution in [2.45, 2.75) is 6.92 Å². The Morgan fingerprint density at radius 2 is 1.76 bits per heavy atom. The van der Waals surface area contributed by atoms with Gasteiger partial charge in [0.25, 0.3) is 0 Å². The van der Waals surface area contributed by atoms with Crippen LogP contribution in [0, 0.1) is 6.92 Å². The minimum absolute atomic E-state index is 0.0140. The Balaban J connectivity index is 0.000000437. The number of aryl methyl sites for hydroxylation is 1. The minimum atomic E-state index is -4.67. The molecular weight excluding hydrogens is 250 g/mol. The summed E-state index contributed by atoms with van der Waals surface area (Å²) in [5.74, 6) is 0.254. The number of benzene rings is 1. The zero-order chi connectivity index (χ0) is 13.6. The molecule has 0 atom stereocenters. The van der Waals surface area contributed by atoms with E-state index >= 15 is 0 Å². The van der Waals surface area contributed by atoms with Crippen molar-refractivity contribution in [1.82, 2.24) is 0 Å². The van der Waals surface area contributed by atoms with Gasteiger partial charge >= 0.3 is 10.4 Å². The second-order valence-corrected chi connectivity index (χ2v) is 3.85. The Bertz CT molecular complexity index is 500. The molecular formula is C8H13N3O5S. The molecule has 0 aliphatic carbocycles. The van der Waals surface area contributed by atoms with Crippen molar-refractivity contribution in [2.24, 2.45) is 16.5 Å². The van der Waals surface area contributed by atoms with E-state index in [1.165, 1.54) is 0 Å². The number of phenols is 1. The number of nitrogens with two attached hydrogens (primary N) is 2. The number of hydrogen-bond donors (Lipinski definition) is 5. The van der Waals surface area contributed by atoms with Gasteiger partial charge in [-0.2, -0.15) is 8.42 Å². The molecule has 0 radical (unpaired) electrons. The average molecular weight is 263 g/mol. The quantitative estimate of drug-likeness (QED) is 0.270. The van der Waals surface area contributed by atoms with Crippen LogP contribution in [0.5, 0.6) is 5.75 Å². The predicted octanol–water partition coefficient (Wildman–Crippen LogP) is -0.0473. The predicted molar refractivity (Wildman–Crippen MR) is 62.5 cm³/mol. The molecule has 0 saturated carbocycles. The van der Waals surface area contributed by atoms with Crippen LogP contribution in [-0.4, -0.2) is 28.6 Å². The van der Waals surface area contributed by atoms with E-state index in [0.29, 0.717) is 5.69 Å². The molecule has 8 nitrogen and oxygen atoms in total. The lowest BCUT2D eigenvalue weighted by molar-refractivity contribution is 0.381. The van der Waals surface area contributed by atoms with Gasteiger partial charge in [-0.15, -0.1) is 0 Å². The Labute approximate surface area is 98.2 Å². The lowest BCUT2D eigenvalue weighted by atomic mass is 10.2. The highest BCUT2D eigenvalue weighted by Gasteiger charge is 1.96. The smallest absolute Gasteiger partial charge is 0.394 e. The van der Waals surface area contributed by atoms with Crippen LogP contribution in [0.1, 0.15) is 5.56 Å². The zero-order valence-corrected chi connectivity index (χ0v) is 9.72. The third-order valence-electron chi connectivity index (χ3n) is 1.44. The molecule has 0 saturated heterocycles. The minimum Gasteiger partial charge on any atom is -0.508 e. The zero-order valence-electron chi connectivity index (χ0n) is 8.90. The molecule has 1 aromatic carbocycles. The molecule has 7 N–H and O–H groups in total. The summed E-state index contributed by atoms with van der Waals surface area (Å²) in [6.07, 6.45) is 0. The number of nitrogens with zero attached hydrogens (tertiary/aromatic N) is 1. The van der Waals surface area contributed by atoms with Crippen LogP contribution in [-0.2, 0) is 10.4 Å². The van der Waals surface area contributed by atoms with Gasteiger partial charge in [-0.25, -0.2) is 4.99 Å². The van der Waals surface area contributed by atoms with Crippen LogP contribution < -0.4 is 11.5 Å². The summed E-state index contributed by atoms with van der Waals surface area (Å²) >= 11 is 0. The normalized spacial score (nSPS) is 10.1. The molecule has 1 rings (SSSR count). The van der Waals surface area contributed by atoms with E-state index in [-0.39, 0.29) is 11.7 Å². The molecule has 0 bridgehead atoms. The van der Waals surface area contributed by atoms with Crippen LogP contribution in [0.25, 0.3) is 0 Å². The first-order valence-electron chi connectivity index (χ1n) is 4.18. The summed E-state index contributed by atoms with van der Waals surface area (Å²) in [5.41, 5.74) is 11.7. The van der Waals surface area contributed by atoms with E-state index in [2.05, 4.69) is 4.99 Å². The average Bonchev–Trinajstić information content (AvgIpc) is 2.07. The fraction of sp³-hybridized carbons (Fsp3) is 0.125. The van der Waals surface area contributed by atoms with Gasteiger partial charge in [0, 0.05) is 0 Å². The summed E-state index contributed by atoms with van der Waals surface area (Å²) in [6.45, 7) is 1.78. The molecule has 1 aromatic rings. The highest BCUT2D eigenvalue weighted by atomic mass is 32.3. The van der Waals surface area contributed by atoms with Gasteiger partial charge in [-0.1, -0.05) is 0 Å². The molecule has 0 amide bonds. The molecule has 9 heteroatoms. The lowest BCUT2D eigenvalue weighted by Gasteiger charge is -1.99. The number of aromatic hydroxyl groups is 1. The number of guanidine groups is 1. The second-order valence-electron chi connectivity index (χ2n) is 2.96. The van der Waals surface area contributed by atoms with Crippen molar-refractivity contribution >= 4 is 22.0 Å². The summed E-state index contributed by atoms with van der Waals surface area (Å²) in [4.78, 5) is 3.82. The fourth-order valence-electron chi connectivity index (χ4n) is 0.858. The lowest BCUT2D eigenvalue weighted by Crippen LogP contribution is -2.21. The fourth-order valence-corrected chi connectivity index (χ4v) is 0.858. The van der Waals surface area contributed by atoms with Crippen molar-refractivity contribution < 1.29 is 22.6 Å². The monoisotopic (exact) mass is 263 g/mol. The van der Waals surface area contributed by atoms with Crippen molar-refractivity contribution in [2.75, 3.05) is 0 Å². The van der Waals surface area contributed by atoms with Gasteiger partial charge in [-0.3, -0.25) is 9.11 Å². The Morgan fingerprint density at radius 1 is 1.29 bits per heavy atom. The van der Waals surface area contributed by atoms with Gasteiger partial charge in [0.2, 0.25) is 0 Å². The first-order chi connectivity index (χ1) is 7.59. The summed E-state index contributed by atoms with van der Waals surface area (Å²) in [5, 5.41) is 9.17. The number of phenolic OH excluding ortho intramolecular Hbond substituents is 1. The van der Waals surface area contributed by atoms with Crippen LogP contribution >= 0.6 is 0 Å². The molecule has 0 unspecified atom stereocenters. The maximum absolute atomic E-state index is 9.17. The summed E-state index contributed by atoms with van der Waals surface area (Å²) < 4.78 is 31.6. The first kappa shape index (κ1) is 15.2. The van der Waals surface area contributed by atoms with E-state index in [1.54, 1.807) is 25.1 Å². The topological polar surface area (TPSA) is 159 Å². The summed E-state index contributed by atoms with van der Waals surface area (Å²) in [6, 6.07) is 4.90. The van der Waals surface area contributed by atoms with Crippen molar-refractivity contribution in [3.8, 4) is 5.75 Å². The van der Waals surface area contributed by atoms with Crippen molar-refractivity contribution in [1.29, 1.82) is 0 Å². The number of aliphatic imine (C=N–C) groups is 1. The maximum atomic E-state index is 9.17. The molecule has 96 valence electrons. The SMILES string of the molecule is Cc1cc(N=C(N)N)ccc1O.O=S(=O)(O)O. The number of hydrogen-bond acceptors (Lipinski definition) is 4. The van der Waals surface area contributed by atoms with Crippen LogP contribution in [0.2, 0.25) is 0 Å². The first-order valence-corrected chi connectivity index (χ1v) is 5.58. The van der Waals surface area contributed by atoms with Crippen LogP contribution in [0.4, 0.5) is 5.69 Å². The van der Waals surface area contributed by atoms with Gasteiger partial charge < -0.3 is 16.6 Å². The van der Waals surface area contributed by atoms with Gasteiger partial charge in [0.1, 0.15) is 5.75 Å².